The minimum absolute atomic E-state index is 0.0152. The summed E-state index contributed by atoms with van der Waals surface area (Å²) in [5.74, 6) is -3.92. The van der Waals surface area contributed by atoms with Crippen molar-refractivity contribution in [3.63, 3.8) is 0 Å². The van der Waals surface area contributed by atoms with Gasteiger partial charge < -0.3 is 19.7 Å². The molecule has 0 fully saturated rings. The maximum absolute atomic E-state index is 11.9. The van der Waals surface area contributed by atoms with Crippen LogP contribution in [0.25, 0.3) is 0 Å². The molecule has 1 atom stereocenters. The Labute approximate surface area is 228 Å². The van der Waals surface area contributed by atoms with Crippen LogP contribution in [0, 0.1) is 5.92 Å². The zero-order chi connectivity index (χ0) is 29.8. The number of carbonyl (C=O) groups is 6. The predicted octanol–water partition coefficient (Wildman–Crippen LogP) is 4.11. The molecule has 1 aromatic carbocycles. The van der Waals surface area contributed by atoms with Crippen LogP contribution in [0.5, 0.6) is 0 Å². The zero-order valence-corrected chi connectivity index (χ0v) is 22.6. The molecule has 0 amide bonds. The number of Topliss-reactive ketones (excluding diaryl/α,β-unsaturated/α-hetero) is 2. The number of rotatable bonds is 18. The molecule has 39 heavy (non-hydrogen) atoms. The minimum Gasteiger partial charge on any atom is -0.481 e. The molecule has 0 aliphatic carbocycles. The molecular weight excluding hydrogens is 508 g/mol. The van der Waals surface area contributed by atoms with Gasteiger partial charge in [-0.15, -0.1) is 0 Å². The largest absolute Gasteiger partial charge is 0.481 e. The van der Waals surface area contributed by atoms with Crippen LogP contribution >= 0.6 is 0 Å². The maximum atomic E-state index is 11.9. The standard InChI is InChI=1S/C18H22O5.C11H16O5/c1-13(2)18(22)23-10-6-9-16(19)12-15(17(20)21)11-14-7-4-3-5-8-14;1-8(2)11(15)16-7-3-4-9(12)5-6-10(13)14/h3-5,7-8,15H,1,6,9-12H2,2H3,(H,20,21);1,3-7H2,2H3,(H,13,14). The normalized spacial score (nSPS) is 10.7. The molecule has 0 aromatic heterocycles. The van der Waals surface area contributed by atoms with E-state index in [9.17, 15) is 33.9 Å². The maximum Gasteiger partial charge on any atom is 0.333 e. The molecule has 0 radical (unpaired) electrons. The fourth-order valence-electron chi connectivity index (χ4n) is 3.01. The van der Waals surface area contributed by atoms with Gasteiger partial charge in [-0.05, 0) is 38.7 Å². The summed E-state index contributed by atoms with van der Waals surface area (Å²) in [6.45, 7) is 10.3. The van der Waals surface area contributed by atoms with Crippen molar-refractivity contribution in [2.24, 2.45) is 5.92 Å². The second-order valence-corrected chi connectivity index (χ2v) is 8.94. The van der Waals surface area contributed by atoms with Crippen LogP contribution in [0.1, 0.15) is 64.4 Å². The van der Waals surface area contributed by atoms with Crippen LogP contribution in [-0.2, 0) is 44.7 Å². The molecule has 10 nitrogen and oxygen atoms in total. The van der Waals surface area contributed by atoms with E-state index in [0.717, 1.165) is 5.56 Å². The molecule has 0 saturated carbocycles. The van der Waals surface area contributed by atoms with Crippen molar-refractivity contribution in [2.45, 2.75) is 65.2 Å². The highest BCUT2D eigenvalue weighted by Gasteiger charge is 2.21. The highest BCUT2D eigenvalue weighted by atomic mass is 16.5. The lowest BCUT2D eigenvalue weighted by Crippen LogP contribution is -2.20. The van der Waals surface area contributed by atoms with E-state index in [1.54, 1.807) is 13.8 Å². The molecule has 1 aromatic rings. The lowest BCUT2D eigenvalue weighted by Gasteiger charge is -2.11. The molecule has 2 N–H and O–H groups in total. The van der Waals surface area contributed by atoms with E-state index in [-0.39, 0.29) is 56.9 Å². The van der Waals surface area contributed by atoms with Gasteiger partial charge in [0, 0.05) is 36.8 Å². The Balaban J connectivity index is 0.000000794. The van der Waals surface area contributed by atoms with Gasteiger partial charge in [-0.2, -0.15) is 0 Å². The molecular formula is C29H38O10. The third-order valence-electron chi connectivity index (χ3n) is 5.13. The van der Waals surface area contributed by atoms with Crippen molar-refractivity contribution in [3.05, 3.63) is 60.2 Å². The van der Waals surface area contributed by atoms with Crippen molar-refractivity contribution in [1.29, 1.82) is 0 Å². The average molecular weight is 547 g/mol. The third kappa shape index (κ3) is 18.8. The van der Waals surface area contributed by atoms with Gasteiger partial charge in [0.1, 0.15) is 11.6 Å². The second-order valence-electron chi connectivity index (χ2n) is 8.94. The zero-order valence-electron chi connectivity index (χ0n) is 22.6. The van der Waals surface area contributed by atoms with E-state index in [4.69, 9.17) is 14.6 Å². The average Bonchev–Trinajstić information content (AvgIpc) is 2.88. The molecule has 0 heterocycles. The number of carboxylic acids is 2. The fraction of sp³-hybridized carbons (Fsp3) is 0.448. The number of aliphatic carboxylic acids is 2. The Morgan fingerprint density at radius 3 is 1.67 bits per heavy atom. The second kappa shape index (κ2) is 20.0. The van der Waals surface area contributed by atoms with E-state index < -0.39 is 29.8 Å². The Morgan fingerprint density at radius 1 is 0.744 bits per heavy atom. The summed E-state index contributed by atoms with van der Waals surface area (Å²) in [7, 11) is 0. The molecule has 214 valence electrons. The van der Waals surface area contributed by atoms with Gasteiger partial charge in [0.25, 0.3) is 0 Å². The highest BCUT2D eigenvalue weighted by Crippen LogP contribution is 2.15. The summed E-state index contributed by atoms with van der Waals surface area (Å²) < 4.78 is 9.67. The smallest absolute Gasteiger partial charge is 0.333 e. The van der Waals surface area contributed by atoms with Crippen molar-refractivity contribution in [3.8, 4) is 0 Å². The van der Waals surface area contributed by atoms with E-state index in [1.807, 2.05) is 30.3 Å². The van der Waals surface area contributed by atoms with Gasteiger partial charge >= 0.3 is 23.9 Å². The van der Waals surface area contributed by atoms with Gasteiger partial charge in [0.15, 0.2) is 0 Å². The first-order valence-electron chi connectivity index (χ1n) is 12.5. The molecule has 0 bridgehead atoms. The number of benzene rings is 1. The molecule has 0 aliphatic heterocycles. The van der Waals surface area contributed by atoms with Crippen LogP contribution < -0.4 is 0 Å². The first kappa shape index (κ1) is 34.9. The van der Waals surface area contributed by atoms with Crippen molar-refractivity contribution in [1.82, 2.24) is 0 Å². The Hall–Kier alpha value is -4.08. The van der Waals surface area contributed by atoms with Crippen molar-refractivity contribution in [2.75, 3.05) is 13.2 Å². The molecule has 10 heteroatoms. The van der Waals surface area contributed by atoms with Crippen LogP contribution in [0.2, 0.25) is 0 Å². The number of esters is 2. The Kier molecular flexibility index (Phi) is 17.9. The number of carboxylic acid groups (broad SMARTS) is 2. The predicted molar refractivity (Wildman–Crippen MR) is 143 cm³/mol. The molecule has 0 aliphatic rings. The third-order valence-corrected chi connectivity index (χ3v) is 5.13. The molecule has 1 rings (SSSR count). The fourth-order valence-corrected chi connectivity index (χ4v) is 3.01. The van der Waals surface area contributed by atoms with Gasteiger partial charge in [-0.3, -0.25) is 19.2 Å². The quantitative estimate of drug-likeness (QED) is 0.156. The lowest BCUT2D eigenvalue weighted by atomic mass is 9.93. The SMILES string of the molecule is C=C(C)C(=O)OCCCC(=O)CC(Cc1ccccc1)C(=O)O.C=C(C)C(=O)OCCCC(=O)CCC(=O)O. The first-order chi connectivity index (χ1) is 18.3. The molecule has 0 saturated heterocycles. The lowest BCUT2D eigenvalue weighted by molar-refractivity contribution is -0.143. The van der Waals surface area contributed by atoms with E-state index >= 15 is 0 Å². The minimum atomic E-state index is -0.984. The number of ether oxygens (including phenoxy) is 2. The first-order valence-corrected chi connectivity index (χ1v) is 12.5. The molecule has 1 unspecified atom stereocenters. The van der Waals surface area contributed by atoms with Crippen LogP contribution in [0.3, 0.4) is 0 Å². The summed E-state index contributed by atoms with van der Waals surface area (Å²) in [6.07, 6.45) is 1.42. The monoisotopic (exact) mass is 546 g/mol. The van der Waals surface area contributed by atoms with Crippen molar-refractivity contribution >= 4 is 35.4 Å². The van der Waals surface area contributed by atoms with Crippen LogP contribution in [-0.4, -0.2) is 58.9 Å². The van der Waals surface area contributed by atoms with Gasteiger partial charge in [0.2, 0.25) is 0 Å². The summed E-state index contributed by atoms with van der Waals surface area (Å²) in [5, 5.41) is 17.6. The number of carbonyl (C=O) groups excluding carboxylic acids is 4. The van der Waals surface area contributed by atoms with E-state index in [1.165, 1.54) is 0 Å². The Morgan fingerprint density at radius 2 is 1.23 bits per heavy atom. The number of hydrogen-bond acceptors (Lipinski definition) is 8. The van der Waals surface area contributed by atoms with Gasteiger partial charge in [0.05, 0.1) is 25.6 Å². The summed E-state index contributed by atoms with van der Waals surface area (Å²) in [5.41, 5.74) is 1.52. The number of ketones is 2. The Bertz CT molecular complexity index is 1010. The van der Waals surface area contributed by atoms with Crippen molar-refractivity contribution < 1.29 is 48.5 Å². The summed E-state index contributed by atoms with van der Waals surface area (Å²) in [4.78, 5) is 66.6. The highest BCUT2D eigenvalue weighted by molar-refractivity contribution is 5.87. The van der Waals surface area contributed by atoms with E-state index in [0.29, 0.717) is 30.4 Å². The summed E-state index contributed by atoms with van der Waals surface area (Å²) >= 11 is 0. The summed E-state index contributed by atoms with van der Waals surface area (Å²) in [6, 6.07) is 9.23. The topological polar surface area (TPSA) is 161 Å². The van der Waals surface area contributed by atoms with Gasteiger partial charge in [-0.25, -0.2) is 9.59 Å². The number of hydrogen-bond donors (Lipinski definition) is 2. The van der Waals surface area contributed by atoms with Crippen LogP contribution in [0.15, 0.2) is 54.6 Å². The van der Waals surface area contributed by atoms with Gasteiger partial charge in [-0.1, -0.05) is 43.5 Å². The van der Waals surface area contributed by atoms with E-state index in [2.05, 4.69) is 13.2 Å². The molecule has 0 spiro atoms. The van der Waals surface area contributed by atoms with Crippen LogP contribution in [0.4, 0.5) is 0 Å².